The Morgan fingerprint density at radius 1 is 0.895 bits per heavy atom. The summed E-state index contributed by atoms with van der Waals surface area (Å²) in [6, 6.07) is 19.1. The molecule has 1 heterocycles. The summed E-state index contributed by atoms with van der Waals surface area (Å²) in [6.07, 6.45) is 3.20. The van der Waals surface area contributed by atoms with Gasteiger partial charge in [0.2, 0.25) is 0 Å². The number of fused-ring (bicyclic) bond motifs is 1. The first-order valence-electron chi connectivity index (χ1n) is 6.69. The summed E-state index contributed by atoms with van der Waals surface area (Å²) >= 11 is 0. The Balaban J connectivity index is 1.89. The fourth-order valence-corrected chi connectivity index (χ4v) is 2.59. The van der Waals surface area contributed by atoms with Gasteiger partial charge in [-0.15, -0.1) is 0 Å². The van der Waals surface area contributed by atoms with Crippen molar-refractivity contribution in [1.82, 2.24) is 4.57 Å². The number of hydrogen-bond acceptors (Lipinski definition) is 1. The van der Waals surface area contributed by atoms with Gasteiger partial charge in [0.25, 0.3) is 0 Å². The normalized spacial score (nSPS) is 11.0. The molecule has 2 N–H and O–H groups in total. The maximum Gasteiger partial charge on any atom is 0.0525 e. The monoisotopic (exact) mass is 250 g/mol. The lowest BCUT2D eigenvalue weighted by atomic mass is 10.1. The highest BCUT2D eigenvalue weighted by atomic mass is 15.0. The van der Waals surface area contributed by atoms with E-state index in [9.17, 15) is 0 Å². The Bertz CT molecular complexity index is 668. The van der Waals surface area contributed by atoms with Gasteiger partial charge >= 0.3 is 0 Å². The summed E-state index contributed by atoms with van der Waals surface area (Å²) < 4.78 is 2.31. The maximum atomic E-state index is 5.84. The Hall–Kier alpha value is -2.06. The second-order valence-corrected chi connectivity index (χ2v) is 4.80. The van der Waals surface area contributed by atoms with E-state index in [-0.39, 0.29) is 0 Å². The molecule has 0 spiro atoms. The van der Waals surface area contributed by atoms with E-state index in [1.165, 1.54) is 22.0 Å². The summed E-state index contributed by atoms with van der Waals surface area (Å²) in [4.78, 5) is 0. The zero-order chi connectivity index (χ0) is 13.1. The molecule has 1 aromatic heterocycles. The van der Waals surface area contributed by atoms with Gasteiger partial charge in [-0.05, 0) is 29.0 Å². The number of para-hydroxylation sites is 1. The average Bonchev–Trinajstić information content (AvgIpc) is 2.89. The first-order valence-corrected chi connectivity index (χ1v) is 6.69. The molecule has 19 heavy (non-hydrogen) atoms. The van der Waals surface area contributed by atoms with Crippen LogP contribution < -0.4 is 5.73 Å². The van der Waals surface area contributed by atoms with Crippen molar-refractivity contribution < 1.29 is 0 Å². The fraction of sp³-hybridized carbons (Fsp3) is 0.176. The average molecular weight is 250 g/mol. The van der Waals surface area contributed by atoms with Crippen LogP contribution in [-0.4, -0.2) is 4.57 Å². The minimum Gasteiger partial charge on any atom is -0.347 e. The lowest BCUT2D eigenvalue weighted by Gasteiger charge is -2.09. The maximum absolute atomic E-state index is 5.84. The van der Waals surface area contributed by atoms with E-state index < -0.39 is 0 Å². The molecule has 0 aliphatic rings. The van der Waals surface area contributed by atoms with Gasteiger partial charge in [-0.1, -0.05) is 48.5 Å². The number of hydrogen-bond donors (Lipinski definition) is 1. The van der Waals surface area contributed by atoms with Gasteiger partial charge in [-0.3, -0.25) is 0 Å². The largest absolute Gasteiger partial charge is 0.347 e. The van der Waals surface area contributed by atoms with Crippen LogP contribution >= 0.6 is 0 Å². The van der Waals surface area contributed by atoms with Crippen molar-refractivity contribution >= 4 is 10.9 Å². The highest BCUT2D eigenvalue weighted by Gasteiger charge is 2.05. The summed E-state index contributed by atoms with van der Waals surface area (Å²) in [7, 11) is 0. The highest BCUT2D eigenvalue weighted by Crippen LogP contribution is 2.20. The molecule has 0 saturated heterocycles. The molecule has 0 amide bonds. The van der Waals surface area contributed by atoms with Crippen LogP contribution in [0.25, 0.3) is 10.9 Å². The van der Waals surface area contributed by atoms with E-state index in [1.807, 2.05) is 0 Å². The second-order valence-electron chi connectivity index (χ2n) is 4.80. The Morgan fingerprint density at radius 3 is 2.53 bits per heavy atom. The first kappa shape index (κ1) is 12.0. The summed E-state index contributed by atoms with van der Waals surface area (Å²) in [5, 5.41) is 1.27. The zero-order valence-electron chi connectivity index (χ0n) is 10.9. The molecule has 0 bridgehead atoms. The lowest BCUT2D eigenvalue weighted by Crippen LogP contribution is -2.04. The molecule has 0 radical (unpaired) electrons. The first-order chi connectivity index (χ1) is 9.38. The van der Waals surface area contributed by atoms with Crippen molar-refractivity contribution in [2.45, 2.75) is 19.5 Å². The van der Waals surface area contributed by atoms with Crippen molar-refractivity contribution in [1.29, 1.82) is 0 Å². The van der Waals surface area contributed by atoms with Crippen molar-refractivity contribution in [3.63, 3.8) is 0 Å². The molecule has 96 valence electrons. The van der Waals surface area contributed by atoms with Crippen LogP contribution in [0.15, 0.2) is 60.8 Å². The highest BCUT2D eigenvalue weighted by molar-refractivity contribution is 5.83. The second kappa shape index (κ2) is 5.29. The number of benzene rings is 2. The standard InChI is InChI=1S/C17H18N2/c18-13-16-8-4-7-15-10-12-19(17(15)16)11-9-14-5-2-1-3-6-14/h1-8,10,12H,9,11,13,18H2. The molecule has 0 saturated carbocycles. The van der Waals surface area contributed by atoms with Crippen molar-refractivity contribution in [3.8, 4) is 0 Å². The van der Waals surface area contributed by atoms with Crippen molar-refractivity contribution in [2.75, 3.05) is 0 Å². The van der Waals surface area contributed by atoms with Crippen LogP contribution in [0.4, 0.5) is 0 Å². The quantitative estimate of drug-likeness (QED) is 0.756. The molecule has 2 aromatic carbocycles. The molecule has 3 rings (SSSR count). The van der Waals surface area contributed by atoms with E-state index >= 15 is 0 Å². The SMILES string of the molecule is NCc1cccc2ccn(CCc3ccccc3)c12. The van der Waals surface area contributed by atoms with Gasteiger partial charge in [-0.25, -0.2) is 0 Å². The molecule has 0 aliphatic heterocycles. The van der Waals surface area contributed by atoms with Crippen LogP contribution in [0.2, 0.25) is 0 Å². The summed E-state index contributed by atoms with van der Waals surface area (Å²) in [6.45, 7) is 1.58. The number of nitrogens with zero attached hydrogens (tertiary/aromatic N) is 1. The third-order valence-electron chi connectivity index (χ3n) is 3.58. The molecule has 0 fully saturated rings. The van der Waals surface area contributed by atoms with Crippen LogP contribution in [0.1, 0.15) is 11.1 Å². The number of rotatable bonds is 4. The Labute approximate surface area is 113 Å². The van der Waals surface area contributed by atoms with Gasteiger partial charge in [-0.2, -0.15) is 0 Å². The third kappa shape index (κ3) is 2.40. The van der Waals surface area contributed by atoms with E-state index in [2.05, 4.69) is 65.4 Å². The van der Waals surface area contributed by atoms with E-state index in [0.717, 1.165) is 13.0 Å². The minimum absolute atomic E-state index is 0.590. The van der Waals surface area contributed by atoms with Crippen molar-refractivity contribution in [3.05, 3.63) is 71.9 Å². The van der Waals surface area contributed by atoms with Crippen molar-refractivity contribution in [2.24, 2.45) is 5.73 Å². The van der Waals surface area contributed by atoms with Gasteiger partial charge in [0.1, 0.15) is 0 Å². The number of nitrogens with two attached hydrogens (primary N) is 1. The molecular weight excluding hydrogens is 232 g/mol. The van der Waals surface area contributed by atoms with Crippen LogP contribution in [0, 0.1) is 0 Å². The molecule has 0 aliphatic carbocycles. The van der Waals surface area contributed by atoms with Crippen LogP contribution in [0.5, 0.6) is 0 Å². The van der Waals surface area contributed by atoms with E-state index in [1.54, 1.807) is 0 Å². The molecule has 2 nitrogen and oxygen atoms in total. The van der Waals surface area contributed by atoms with E-state index in [4.69, 9.17) is 5.73 Å². The summed E-state index contributed by atoms with van der Waals surface area (Å²) in [5.41, 5.74) is 9.70. The van der Waals surface area contributed by atoms with Gasteiger partial charge < -0.3 is 10.3 Å². The minimum atomic E-state index is 0.590. The summed E-state index contributed by atoms with van der Waals surface area (Å²) in [5.74, 6) is 0. The third-order valence-corrected chi connectivity index (χ3v) is 3.58. The van der Waals surface area contributed by atoms with Gasteiger partial charge in [0.05, 0.1) is 5.52 Å². The van der Waals surface area contributed by atoms with E-state index in [0.29, 0.717) is 6.54 Å². The zero-order valence-corrected chi connectivity index (χ0v) is 10.9. The predicted molar refractivity (Wildman–Crippen MR) is 80.0 cm³/mol. The molecule has 0 unspecified atom stereocenters. The molecular formula is C17H18N2. The topological polar surface area (TPSA) is 30.9 Å². The number of aromatic nitrogens is 1. The molecule has 2 heteroatoms. The van der Waals surface area contributed by atoms with Gasteiger partial charge in [0, 0.05) is 19.3 Å². The number of aryl methyl sites for hydroxylation is 2. The van der Waals surface area contributed by atoms with Crippen LogP contribution in [-0.2, 0) is 19.5 Å². The Kier molecular flexibility index (Phi) is 3.34. The lowest BCUT2D eigenvalue weighted by molar-refractivity contribution is 0.720. The fourth-order valence-electron chi connectivity index (χ4n) is 2.59. The smallest absolute Gasteiger partial charge is 0.0525 e. The van der Waals surface area contributed by atoms with Gasteiger partial charge in [0.15, 0.2) is 0 Å². The Morgan fingerprint density at radius 2 is 1.74 bits per heavy atom. The molecule has 0 atom stereocenters. The van der Waals surface area contributed by atoms with Crippen LogP contribution in [0.3, 0.4) is 0 Å². The molecule has 3 aromatic rings. The predicted octanol–water partition coefficient (Wildman–Crippen LogP) is 3.34.